The van der Waals surface area contributed by atoms with Crippen molar-refractivity contribution in [3.05, 3.63) is 91.4 Å². The molecule has 0 aliphatic carbocycles. The van der Waals surface area contributed by atoms with Crippen molar-refractivity contribution >= 4 is 45.7 Å². The van der Waals surface area contributed by atoms with E-state index >= 15 is 0 Å². The number of hydrogen-bond acceptors (Lipinski definition) is 2. The van der Waals surface area contributed by atoms with E-state index in [-0.39, 0.29) is 16.4 Å². The fourth-order valence-corrected chi connectivity index (χ4v) is 3.50. The van der Waals surface area contributed by atoms with E-state index in [1.54, 1.807) is 30.3 Å². The Hall–Kier alpha value is -2.40. The van der Waals surface area contributed by atoms with Gasteiger partial charge in [-0.25, -0.2) is 9.37 Å². The highest BCUT2D eigenvalue weighted by Gasteiger charge is 2.18. The molecule has 0 radical (unpaired) electrons. The van der Waals surface area contributed by atoms with Crippen molar-refractivity contribution in [1.29, 1.82) is 0 Å². The average molecular weight is 434 g/mol. The van der Waals surface area contributed by atoms with Crippen LogP contribution in [-0.2, 0) is 0 Å². The number of rotatable bonds is 2. The van der Waals surface area contributed by atoms with Crippen LogP contribution < -0.4 is 5.56 Å². The van der Waals surface area contributed by atoms with Gasteiger partial charge in [-0.15, -0.1) is 0 Å². The molecule has 3 aromatic carbocycles. The zero-order chi connectivity index (χ0) is 20.0. The summed E-state index contributed by atoms with van der Waals surface area (Å²) in [6.07, 6.45) is 0. The summed E-state index contributed by atoms with van der Waals surface area (Å²) in [7, 11) is 0. The van der Waals surface area contributed by atoms with Gasteiger partial charge >= 0.3 is 0 Å². The minimum absolute atomic E-state index is 0.0348. The Morgan fingerprint density at radius 1 is 0.929 bits per heavy atom. The van der Waals surface area contributed by atoms with Gasteiger partial charge in [-0.05, 0) is 55.5 Å². The number of aromatic nitrogens is 2. The van der Waals surface area contributed by atoms with Gasteiger partial charge in [0.15, 0.2) is 0 Å². The molecule has 0 fully saturated rings. The molecule has 140 valence electrons. The van der Waals surface area contributed by atoms with Crippen LogP contribution in [-0.4, -0.2) is 9.55 Å². The Labute approximate surface area is 174 Å². The summed E-state index contributed by atoms with van der Waals surface area (Å²) in [5.41, 5.74) is 1.85. The number of hydrogen-bond donors (Lipinski definition) is 0. The summed E-state index contributed by atoms with van der Waals surface area (Å²) < 4.78 is 15.5. The van der Waals surface area contributed by atoms with Gasteiger partial charge in [-0.1, -0.05) is 46.4 Å². The first-order valence-electron chi connectivity index (χ1n) is 8.29. The molecule has 4 rings (SSSR count). The molecule has 0 bridgehead atoms. The molecule has 4 aromatic rings. The zero-order valence-corrected chi connectivity index (χ0v) is 16.8. The van der Waals surface area contributed by atoms with Crippen LogP contribution in [0.3, 0.4) is 0 Å². The van der Waals surface area contributed by atoms with Gasteiger partial charge in [-0.2, -0.15) is 0 Å². The van der Waals surface area contributed by atoms with Crippen molar-refractivity contribution in [2.45, 2.75) is 6.92 Å². The molecule has 0 amide bonds. The molecule has 1 aromatic heterocycles. The van der Waals surface area contributed by atoms with Gasteiger partial charge < -0.3 is 0 Å². The van der Waals surface area contributed by atoms with Crippen LogP contribution in [0.15, 0.2) is 59.4 Å². The molecule has 0 N–H and O–H groups in total. The first kappa shape index (κ1) is 18.9. The Morgan fingerprint density at radius 3 is 2.43 bits per heavy atom. The summed E-state index contributed by atoms with van der Waals surface area (Å²) >= 11 is 18.3. The maximum atomic E-state index is 14.1. The van der Waals surface area contributed by atoms with Gasteiger partial charge in [0, 0.05) is 10.6 Å². The molecule has 0 saturated carbocycles. The summed E-state index contributed by atoms with van der Waals surface area (Å²) in [6.45, 7) is 1.90. The Kier molecular flexibility index (Phi) is 4.88. The van der Waals surface area contributed by atoms with Crippen molar-refractivity contribution < 1.29 is 4.39 Å². The summed E-state index contributed by atoms with van der Waals surface area (Å²) in [5, 5.41) is 1.19. The predicted octanol–water partition coefficient (Wildman–Crippen LogP) is 6.46. The average Bonchev–Trinajstić information content (AvgIpc) is 2.66. The van der Waals surface area contributed by atoms with Crippen LogP contribution in [0, 0.1) is 12.7 Å². The van der Waals surface area contributed by atoms with Crippen LogP contribution in [0.25, 0.3) is 28.0 Å². The highest BCUT2D eigenvalue weighted by Crippen LogP contribution is 2.30. The molecule has 0 aliphatic rings. The summed E-state index contributed by atoms with van der Waals surface area (Å²) in [5.74, 6) is -0.348. The third-order valence-corrected chi connectivity index (χ3v) is 5.23. The molecule has 0 aliphatic heterocycles. The lowest BCUT2D eigenvalue weighted by molar-refractivity contribution is 0.627. The van der Waals surface area contributed by atoms with Crippen molar-refractivity contribution in [3.63, 3.8) is 0 Å². The monoisotopic (exact) mass is 432 g/mol. The number of aryl methyl sites for hydroxylation is 1. The Balaban J connectivity index is 2.16. The van der Waals surface area contributed by atoms with Crippen molar-refractivity contribution in [3.8, 4) is 17.1 Å². The smallest absolute Gasteiger partial charge is 0.266 e. The van der Waals surface area contributed by atoms with Crippen molar-refractivity contribution in [2.75, 3.05) is 0 Å². The van der Waals surface area contributed by atoms with E-state index in [2.05, 4.69) is 4.98 Å². The number of fused-ring (bicyclic) bond motifs is 1. The largest absolute Gasteiger partial charge is 0.268 e. The molecule has 1 heterocycles. The van der Waals surface area contributed by atoms with E-state index in [4.69, 9.17) is 34.8 Å². The lowest BCUT2D eigenvalue weighted by Crippen LogP contribution is -2.22. The Morgan fingerprint density at radius 2 is 1.68 bits per heavy atom. The minimum Gasteiger partial charge on any atom is -0.268 e. The summed E-state index contributed by atoms with van der Waals surface area (Å²) in [4.78, 5) is 17.9. The lowest BCUT2D eigenvalue weighted by Gasteiger charge is -2.15. The van der Waals surface area contributed by atoms with E-state index < -0.39 is 5.82 Å². The number of nitrogens with zero attached hydrogens (tertiary/aromatic N) is 2. The first-order valence-corrected chi connectivity index (χ1v) is 9.43. The second-order valence-electron chi connectivity index (χ2n) is 6.32. The first-order chi connectivity index (χ1) is 13.3. The molecular formula is C21H12Cl3FN2O. The minimum atomic E-state index is -0.636. The van der Waals surface area contributed by atoms with Crippen LogP contribution in [0.4, 0.5) is 4.39 Å². The normalized spacial score (nSPS) is 11.2. The van der Waals surface area contributed by atoms with Crippen molar-refractivity contribution in [1.82, 2.24) is 9.55 Å². The van der Waals surface area contributed by atoms with Gasteiger partial charge in [0.1, 0.15) is 11.6 Å². The van der Waals surface area contributed by atoms with Gasteiger partial charge in [0.25, 0.3) is 5.56 Å². The highest BCUT2D eigenvalue weighted by atomic mass is 35.5. The Bertz CT molecular complexity index is 1300. The molecular weight excluding hydrogens is 422 g/mol. The molecule has 0 spiro atoms. The van der Waals surface area contributed by atoms with E-state index in [9.17, 15) is 9.18 Å². The maximum absolute atomic E-state index is 14.1. The fraction of sp³-hybridized carbons (Fsp3) is 0.0476. The van der Waals surface area contributed by atoms with Crippen LogP contribution in [0.5, 0.6) is 0 Å². The lowest BCUT2D eigenvalue weighted by atomic mass is 10.1. The van der Waals surface area contributed by atoms with E-state index in [1.165, 1.54) is 16.7 Å². The third-order valence-electron chi connectivity index (χ3n) is 4.36. The van der Waals surface area contributed by atoms with Gasteiger partial charge in [0.2, 0.25) is 0 Å². The molecule has 3 nitrogen and oxygen atoms in total. The SMILES string of the molecule is Cc1ccc(Cl)c(-c2nc3cc(Cl)ccc3c(=O)n2-c2ccc(Cl)c(F)c2)c1. The van der Waals surface area contributed by atoms with Crippen LogP contribution >= 0.6 is 34.8 Å². The van der Waals surface area contributed by atoms with Gasteiger partial charge in [0.05, 0.1) is 26.6 Å². The molecule has 0 atom stereocenters. The fourth-order valence-electron chi connectivity index (χ4n) is 3.01. The maximum Gasteiger partial charge on any atom is 0.266 e. The molecule has 28 heavy (non-hydrogen) atoms. The number of halogens is 4. The summed E-state index contributed by atoms with van der Waals surface area (Å²) in [6, 6.07) is 14.4. The van der Waals surface area contributed by atoms with Crippen LogP contribution in [0.2, 0.25) is 15.1 Å². The quantitative estimate of drug-likeness (QED) is 0.363. The topological polar surface area (TPSA) is 34.9 Å². The molecule has 7 heteroatoms. The highest BCUT2D eigenvalue weighted by molar-refractivity contribution is 6.33. The van der Waals surface area contributed by atoms with Crippen LogP contribution in [0.1, 0.15) is 5.56 Å². The van der Waals surface area contributed by atoms with E-state index in [0.29, 0.717) is 32.2 Å². The second kappa shape index (κ2) is 7.21. The molecule has 0 saturated heterocycles. The van der Waals surface area contributed by atoms with Crippen molar-refractivity contribution in [2.24, 2.45) is 0 Å². The van der Waals surface area contributed by atoms with Gasteiger partial charge in [-0.3, -0.25) is 9.36 Å². The molecule has 0 unspecified atom stereocenters. The van der Waals surface area contributed by atoms with E-state index in [0.717, 1.165) is 5.56 Å². The number of benzene rings is 3. The predicted molar refractivity (Wildman–Crippen MR) is 113 cm³/mol. The third kappa shape index (κ3) is 3.28. The van der Waals surface area contributed by atoms with E-state index in [1.807, 2.05) is 19.1 Å². The second-order valence-corrected chi connectivity index (χ2v) is 7.57. The zero-order valence-electron chi connectivity index (χ0n) is 14.5. The standard InChI is InChI=1S/C21H12Cl3FN2O/c1-11-2-6-16(23)15(8-11)20-26-19-9-12(22)3-5-14(19)21(28)27(20)13-4-7-17(24)18(25)10-13/h2-10H,1H3.